The van der Waals surface area contributed by atoms with Crippen molar-refractivity contribution in [2.24, 2.45) is 11.8 Å². The van der Waals surface area contributed by atoms with E-state index >= 15 is 0 Å². The Morgan fingerprint density at radius 2 is 1.81 bits per heavy atom. The van der Waals surface area contributed by atoms with Gasteiger partial charge >= 0.3 is 0 Å². The summed E-state index contributed by atoms with van der Waals surface area (Å²) in [5.41, 5.74) is 0.354. The summed E-state index contributed by atoms with van der Waals surface area (Å²) in [6.07, 6.45) is 11.3. The molecule has 21 heavy (non-hydrogen) atoms. The molecule has 124 valence electrons. The van der Waals surface area contributed by atoms with Gasteiger partial charge in [-0.25, -0.2) is 0 Å². The van der Waals surface area contributed by atoms with Gasteiger partial charge in [-0.15, -0.1) is 0 Å². The van der Waals surface area contributed by atoms with Crippen LogP contribution in [0.25, 0.3) is 0 Å². The number of nitrogens with one attached hydrogen (secondary N) is 1. The van der Waals surface area contributed by atoms with Gasteiger partial charge in [0.1, 0.15) is 0 Å². The highest BCUT2D eigenvalue weighted by Crippen LogP contribution is 2.39. The molecule has 0 radical (unpaired) electrons. The Labute approximate surface area is 133 Å². The maximum atomic E-state index is 3.92. The fraction of sp³-hybridized carbons (Fsp3) is 1.00. The van der Waals surface area contributed by atoms with Gasteiger partial charge in [0.25, 0.3) is 0 Å². The number of likely N-dealkylation sites (tertiary alicyclic amines) is 1. The number of rotatable bonds is 7. The van der Waals surface area contributed by atoms with Crippen molar-refractivity contribution in [2.45, 2.75) is 90.6 Å². The molecular weight excluding hydrogens is 256 g/mol. The third-order valence-corrected chi connectivity index (χ3v) is 6.51. The van der Waals surface area contributed by atoms with Crippen molar-refractivity contribution in [1.82, 2.24) is 10.2 Å². The topological polar surface area (TPSA) is 15.3 Å². The molecule has 2 nitrogen and oxygen atoms in total. The van der Waals surface area contributed by atoms with Gasteiger partial charge in [0.05, 0.1) is 0 Å². The molecule has 1 aliphatic heterocycles. The van der Waals surface area contributed by atoms with Crippen LogP contribution in [0.5, 0.6) is 0 Å². The average molecular weight is 295 g/mol. The minimum atomic E-state index is 0.354. The molecular formula is C19H38N2. The van der Waals surface area contributed by atoms with Crippen LogP contribution < -0.4 is 5.32 Å². The van der Waals surface area contributed by atoms with Crippen molar-refractivity contribution in [2.75, 3.05) is 19.6 Å². The maximum Gasteiger partial charge on any atom is 0.0334 e. The molecule has 2 aliphatic rings. The molecule has 1 saturated heterocycles. The average Bonchev–Trinajstić information content (AvgIpc) is 3.07. The first-order valence-corrected chi connectivity index (χ1v) is 9.64. The molecule has 2 fully saturated rings. The first-order valence-electron chi connectivity index (χ1n) is 9.64. The lowest BCUT2D eigenvalue weighted by atomic mass is 9.70. The van der Waals surface area contributed by atoms with Gasteiger partial charge in [-0.2, -0.15) is 0 Å². The lowest BCUT2D eigenvalue weighted by Gasteiger charge is -2.49. The number of nitrogens with zero attached hydrogens (tertiary/aromatic N) is 1. The minimum Gasteiger partial charge on any atom is -0.312 e. The van der Waals surface area contributed by atoms with Gasteiger partial charge < -0.3 is 5.32 Å². The van der Waals surface area contributed by atoms with Gasteiger partial charge in [-0.3, -0.25) is 4.90 Å². The minimum absolute atomic E-state index is 0.354. The van der Waals surface area contributed by atoms with Crippen molar-refractivity contribution in [3.63, 3.8) is 0 Å². The highest BCUT2D eigenvalue weighted by atomic mass is 15.2. The summed E-state index contributed by atoms with van der Waals surface area (Å²) in [6, 6.07) is 0.681. The lowest BCUT2D eigenvalue weighted by molar-refractivity contribution is 0.0402. The Morgan fingerprint density at radius 1 is 1.10 bits per heavy atom. The van der Waals surface area contributed by atoms with E-state index < -0.39 is 0 Å². The predicted molar refractivity (Wildman–Crippen MR) is 92.7 cm³/mol. The van der Waals surface area contributed by atoms with Crippen LogP contribution >= 0.6 is 0 Å². The standard InChI is InChI=1S/C19H38N2/c1-5-16-11-10-12-17(15-16)18(20-7-3)19(4,6-2)21-13-8-9-14-21/h16-18,20H,5-15H2,1-4H3. The Morgan fingerprint density at radius 3 is 2.38 bits per heavy atom. The summed E-state index contributed by atoms with van der Waals surface area (Å²) in [5, 5.41) is 3.92. The van der Waals surface area contributed by atoms with Crippen LogP contribution in [0.15, 0.2) is 0 Å². The molecule has 0 amide bonds. The van der Waals surface area contributed by atoms with E-state index in [1.54, 1.807) is 0 Å². The monoisotopic (exact) mass is 294 g/mol. The number of hydrogen-bond donors (Lipinski definition) is 1. The summed E-state index contributed by atoms with van der Waals surface area (Å²) < 4.78 is 0. The molecule has 4 unspecified atom stereocenters. The summed E-state index contributed by atoms with van der Waals surface area (Å²) >= 11 is 0. The van der Waals surface area contributed by atoms with Gasteiger partial charge in [0.2, 0.25) is 0 Å². The molecule has 0 aromatic heterocycles. The zero-order valence-corrected chi connectivity index (χ0v) is 15.0. The molecule has 4 atom stereocenters. The van der Waals surface area contributed by atoms with E-state index in [4.69, 9.17) is 0 Å². The quantitative estimate of drug-likeness (QED) is 0.746. The molecule has 2 heteroatoms. The van der Waals surface area contributed by atoms with Crippen molar-refractivity contribution < 1.29 is 0 Å². The Bertz CT molecular complexity index is 298. The predicted octanol–water partition coefficient (Wildman–Crippen LogP) is 4.45. The smallest absolute Gasteiger partial charge is 0.0334 e. The molecule has 1 saturated carbocycles. The van der Waals surface area contributed by atoms with Gasteiger partial charge in [0, 0.05) is 11.6 Å². The van der Waals surface area contributed by atoms with E-state index in [9.17, 15) is 0 Å². The van der Waals surface area contributed by atoms with Crippen LogP contribution in [0.2, 0.25) is 0 Å². The largest absolute Gasteiger partial charge is 0.312 e. The van der Waals surface area contributed by atoms with E-state index in [0.29, 0.717) is 11.6 Å². The van der Waals surface area contributed by atoms with Crippen LogP contribution in [-0.4, -0.2) is 36.1 Å². The van der Waals surface area contributed by atoms with Crippen LogP contribution in [0, 0.1) is 11.8 Å². The zero-order chi connectivity index (χ0) is 15.3. The highest BCUT2D eigenvalue weighted by Gasteiger charge is 2.43. The fourth-order valence-corrected chi connectivity index (χ4v) is 4.99. The van der Waals surface area contributed by atoms with E-state index in [2.05, 4.69) is 37.9 Å². The second-order valence-corrected chi connectivity index (χ2v) is 7.64. The third kappa shape index (κ3) is 3.82. The summed E-state index contributed by atoms with van der Waals surface area (Å²) in [4.78, 5) is 2.80. The first-order chi connectivity index (χ1) is 10.2. The number of likely N-dealkylation sites (N-methyl/N-ethyl adjacent to an activating group) is 1. The van der Waals surface area contributed by atoms with Crippen molar-refractivity contribution in [3.05, 3.63) is 0 Å². The van der Waals surface area contributed by atoms with Gasteiger partial charge in [-0.1, -0.05) is 40.0 Å². The Hall–Kier alpha value is -0.0800. The first kappa shape index (κ1) is 17.3. The van der Waals surface area contributed by atoms with E-state index in [0.717, 1.165) is 18.4 Å². The second-order valence-electron chi connectivity index (χ2n) is 7.64. The van der Waals surface area contributed by atoms with Crippen LogP contribution in [0.1, 0.15) is 79.1 Å². The van der Waals surface area contributed by atoms with Crippen molar-refractivity contribution in [3.8, 4) is 0 Å². The SMILES string of the molecule is CCNC(C1CCCC(CC)C1)C(C)(CC)N1CCCC1. The highest BCUT2D eigenvalue weighted by molar-refractivity contribution is 5.01. The van der Waals surface area contributed by atoms with Crippen LogP contribution in [0.4, 0.5) is 0 Å². The van der Waals surface area contributed by atoms with Crippen molar-refractivity contribution >= 4 is 0 Å². The van der Waals surface area contributed by atoms with Crippen molar-refractivity contribution in [1.29, 1.82) is 0 Å². The molecule has 1 heterocycles. The lowest BCUT2D eigenvalue weighted by Crippen LogP contribution is -2.61. The number of hydrogen-bond acceptors (Lipinski definition) is 2. The molecule has 0 bridgehead atoms. The molecule has 0 spiro atoms. The molecule has 1 N–H and O–H groups in total. The summed E-state index contributed by atoms with van der Waals surface area (Å²) in [6.45, 7) is 13.4. The molecule has 0 aromatic rings. The molecule has 0 aromatic carbocycles. The van der Waals surface area contributed by atoms with Gasteiger partial charge in [-0.05, 0) is 70.5 Å². The summed E-state index contributed by atoms with van der Waals surface area (Å²) in [7, 11) is 0. The maximum absolute atomic E-state index is 3.92. The molecule has 2 rings (SSSR count). The Kier molecular flexibility index (Phi) is 6.55. The third-order valence-electron chi connectivity index (χ3n) is 6.51. The summed E-state index contributed by atoms with van der Waals surface area (Å²) in [5.74, 6) is 1.86. The molecule has 1 aliphatic carbocycles. The normalized spacial score (nSPS) is 32.0. The van der Waals surface area contributed by atoms with Gasteiger partial charge in [0.15, 0.2) is 0 Å². The Balaban J connectivity index is 2.14. The zero-order valence-electron chi connectivity index (χ0n) is 15.0. The fourth-order valence-electron chi connectivity index (χ4n) is 4.99. The van der Waals surface area contributed by atoms with Crippen LogP contribution in [0.3, 0.4) is 0 Å². The van der Waals surface area contributed by atoms with E-state index in [1.165, 1.54) is 64.5 Å². The van der Waals surface area contributed by atoms with E-state index in [1.807, 2.05) is 0 Å². The van der Waals surface area contributed by atoms with Crippen LogP contribution in [-0.2, 0) is 0 Å². The second kappa shape index (κ2) is 7.97. The van der Waals surface area contributed by atoms with E-state index in [-0.39, 0.29) is 0 Å².